The SMILES string of the molecule is OC1N=CN=CN1Cl. The molecular formula is C3H4ClN3O. The van der Waals surface area contributed by atoms with Gasteiger partial charge >= 0.3 is 0 Å². The number of aliphatic hydroxyl groups excluding tert-OH is 1. The summed E-state index contributed by atoms with van der Waals surface area (Å²) in [5, 5.41) is 8.68. The minimum atomic E-state index is -0.978. The smallest absolute Gasteiger partial charge is 0.241 e. The van der Waals surface area contributed by atoms with Gasteiger partial charge in [-0.1, -0.05) is 0 Å². The van der Waals surface area contributed by atoms with Crippen LogP contribution in [0.2, 0.25) is 0 Å². The van der Waals surface area contributed by atoms with E-state index in [0.717, 1.165) is 4.42 Å². The predicted molar refractivity (Wildman–Crippen MR) is 30.7 cm³/mol. The minimum absolute atomic E-state index is 0.972. The van der Waals surface area contributed by atoms with Gasteiger partial charge in [-0.05, 0) is 0 Å². The Balaban J connectivity index is 2.59. The molecule has 1 aliphatic rings. The first-order chi connectivity index (χ1) is 3.80. The van der Waals surface area contributed by atoms with Gasteiger partial charge in [-0.25, -0.2) is 14.4 Å². The van der Waals surface area contributed by atoms with Crippen LogP contribution in [0.1, 0.15) is 0 Å². The third kappa shape index (κ3) is 0.962. The molecule has 44 valence electrons. The van der Waals surface area contributed by atoms with E-state index in [1.54, 1.807) is 0 Å². The van der Waals surface area contributed by atoms with Crippen LogP contribution in [0.5, 0.6) is 0 Å². The fraction of sp³-hybridized carbons (Fsp3) is 0.333. The van der Waals surface area contributed by atoms with Crippen LogP contribution in [0.15, 0.2) is 9.98 Å². The summed E-state index contributed by atoms with van der Waals surface area (Å²) < 4.78 is 0.972. The maximum Gasteiger partial charge on any atom is 0.241 e. The summed E-state index contributed by atoms with van der Waals surface area (Å²) >= 11 is 5.29. The molecular weight excluding hydrogens is 130 g/mol. The zero-order chi connectivity index (χ0) is 5.98. The average molecular weight is 134 g/mol. The van der Waals surface area contributed by atoms with E-state index < -0.39 is 6.35 Å². The molecule has 1 atom stereocenters. The lowest BCUT2D eigenvalue weighted by atomic mass is 10.9. The molecule has 0 amide bonds. The van der Waals surface area contributed by atoms with E-state index in [-0.39, 0.29) is 0 Å². The van der Waals surface area contributed by atoms with Gasteiger partial charge in [0.15, 0.2) is 0 Å². The highest BCUT2D eigenvalue weighted by molar-refractivity contribution is 6.19. The molecule has 0 saturated heterocycles. The molecule has 0 bridgehead atoms. The van der Waals surface area contributed by atoms with Crippen molar-refractivity contribution in [3.63, 3.8) is 0 Å². The lowest BCUT2D eigenvalue weighted by Crippen LogP contribution is -2.25. The average Bonchev–Trinajstić information content (AvgIpc) is 1.77. The second kappa shape index (κ2) is 2.11. The second-order valence-electron chi connectivity index (χ2n) is 1.22. The molecule has 0 saturated carbocycles. The number of aliphatic imine (C=N–C) groups is 2. The number of hydrogen-bond donors (Lipinski definition) is 1. The van der Waals surface area contributed by atoms with E-state index in [9.17, 15) is 0 Å². The number of hydrogen-bond acceptors (Lipinski definition) is 4. The van der Waals surface area contributed by atoms with Crippen LogP contribution in [0.4, 0.5) is 0 Å². The molecule has 0 aromatic rings. The Hall–Kier alpha value is -0.610. The highest BCUT2D eigenvalue weighted by atomic mass is 35.5. The molecule has 1 aliphatic heterocycles. The molecule has 0 radical (unpaired) electrons. The molecule has 0 spiro atoms. The standard InChI is InChI=1S/C3H4ClN3O/c4-7-2-5-1-6-3(7)8/h1-3,8H. The maximum absolute atomic E-state index is 8.68. The van der Waals surface area contributed by atoms with E-state index in [2.05, 4.69) is 9.98 Å². The number of nitrogens with zero attached hydrogens (tertiary/aromatic N) is 3. The number of halogens is 1. The van der Waals surface area contributed by atoms with E-state index in [1.807, 2.05) is 0 Å². The third-order valence-corrected chi connectivity index (χ3v) is 0.926. The first-order valence-corrected chi connectivity index (χ1v) is 2.31. The topological polar surface area (TPSA) is 48.2 Å². The lowest BCUT2D eigenvalue weighted by molar-refractivity contribution is 0.115. The van der Waals surface area contributed by atoms with Crippen LogP contribution >= 0.6 is 11.8 Å². The van der Waals surface area contributed by atoms with Crippen LogP contribution in [0, 0.1) is 0 Å². The third-order valence-electron chi connectivity index (χ3n) is 0.664. The van der Waals surface area contributed by atoms with Crippen LogP contribution in [0.3, 0.4) is 0 Å². The number of rotatable bonds is 0. The molecule has 1 heterocycles. The van der Waals surface area contributed by atoms with Crippen LogP contribution in [0.25, 0.3) is 0 Å². The Morgan fingerprint density at radius 2 is 2.50 bits per heavy atom. The Kier molecular flexibility index (Phi) is 1.45. The van der Waals surface area contributed by atoms with Crippen molar-refractivity contribution in [1.29, 1.82) is 0 Å². The molecule has 8 heavy (non-hydrogen) atoms. The van der Waals surface area contributed by atoms with Gasteiger partial charge in [0, 0.05) is 11.8 Å². The van der Waals surface area contributed by atoms with Crippen molar-refractivity contribution in [3.05, 3.63) is 0 Å². The largest absolute Gasteiger partial charge is 0.354 e. The summed E-state index contributed by atoms with van der Waals surface area (Å²) in [5.41, 5.74) is 0. The Morgan fingerprint density at radius 1 is 1.75 bits per heavy atom. The van der Waals surface area contributed by atoms with Crippen LogP contribution in [-0.2, 0) is 0 Å². The van der Waals surface area contributed by atoms with Crippen LogP contribution < -0.4 is 0 Å². The minimum Gasteiger partial charge on any atom is -0.354 e. The van der Waals surface area contributed by atoms with Crippen molar-refractivity contribution in [1.82, 2.24) is 4.42 Å². The van der Waals surface area contributed by atoms with Gasteiger partial charge in [0.1, 0.15) is 12.7 Å². The fourth-order valence-electron chi connectivity index (χ4n) is 0.315. The first-order valence-electron chi connectivity index (χ1n) is 1.98. The van der Waals surface area contributed by atoms with Crippen molar-refractivity contribution in [2.75, 3.05) is 0 Å². The normalized spacial score (nSPS) is 26.8. The van der Waals surface area contributed by atoms with Crippen LogP contribution in [-0.4, -0.2) is 28.6 Å². The predicted octanol–water partition coefficient (Wildman–Crippen LogP) is -0.212. The molecule has 1 unspecified atom stereocenters. The van der Waals surface area contributed by atoms with Gasteiger partial charge in [-0.2, -0.15) is 0 Å². The van der Waals surface area contributed by atoms with Gasteiger partial charge in [0.2, 0.25) is 6.35 Å². The highest BCUT2D eigenvalue weighted by Gasteiger charge is 2.07. The summed E-state index contributed by atoms with van der Waals surface area (Å²) in [7, 11) is 0. The Morgan fingerprint density at radius 3 is 2.88 bits per heavy atom. The van der Waals surface area contributed by atoms with E-state index in [0.29, 0.717) is 0 Å². The second-order valence-corrected chi connectivity index (χ2v) is 1.61. The monoisotopic (exact) mass is 133 g/mol. The highest BCUT2D eigenvalue weighted by Crippen LogP contribution is 2.00. The molecule has 5 heteroatoms. The van der Waals surface area contributed by atoms with E-state index >= 15 is 0 Å². The lowest BCUT2D eigenvalue weighted by Gasteiger charge is -2.14. The van der Waals surface area contributed by atoms with E-state index in [4.69, 9.17) is 16.9 Å². The summed E-state index contributed by atoms with van der Waals surface area (Å²) in [5.74, 6) is 0. The molecule has 0 fully saturated rings. The van der Waals surface area contributed by atoms with Gasteiger partial charge in [0.25, 0.3) is 0 Å². The molecule has 0 aromatic heterocycles. The maximum atomic E-state index is 8.68. The molecule has 0 aromatic carbocycles. The zero-order valence-corrected chi connectivity index (χ0v) is 4.65. The summed E-state index contributed by atoms with van der Waals surface area (Å²) in [6.07, 6.45) is 1.54. The van der Waals surface area contributed by atoms with Gasteiger partial charge in [-0.3, -0.25) is 0 Å². The van der Waals surface area contributed by atoms with Gasteiger partial charge in [0.05, 0.1) is 0 Å². The Labute approximate surface area is 51.2 Å². The van der Waals surface area contributed by atoms with Gasteiger partial charge in [-0.15, -0.1) is 0 Å². The Bertz CT molecular complexity index is 118. The fourth-order valence-corrected chi connectivity index (χ4v) is 0.416. The van der Waals surface area contributed by atoms with E-state index in [1.165, 1.54) is 12.7 Å². The summed E-state index contributed by atoms with van der Waals surface area (Å²) in [6.45, 7) is 0. The van der Waals surface area contributed by atoms with Crippen molar-refractivity contribution >= 4 is 24.5 Å². The van der Waals surface area contributed by atoms with Crippen molar-refractivity contribution in [2.45, 2.75) is 6.35 Å². The zero-order valence-electron chi connectivity index (χ0n) is 3.90. The first kappa shape index (κ1) is 5.53. The molecule has 1 N–H and O–H groups in total. The quantitative estimate of drug-likeness (QED) is 0.465. The number of aliphatic hydroxyl groups is 1. The van der Waals surface area contributed by atoms with Crippen molar-refractivity contribution in [2.24, 2.45) is 9.98 Å². The summed E-state index contributed by atoms with van der Waals surface area (Å²) in [6, 6.07) is 0. The van der Waals surface area contributed by atoms with Crippen molar-refractivity contribution < 1.29 is 5.11 Å². The summed E-state index contributed by atoms with van der Waals surface area (Å²) in [4.78, 5) is 6.96. The van der Waals surface area contributed by atoms with Crippen molar-refractivity contribution in [3.8, 4) is 0 Å². The van der Waals surface area contributed by atoms with Gasteiger partial charge < -0.3 is 5.11 Å². The molecule has 4 nitrogen and oxygen atoms in total. The molecule has 0 aliphatic carbocycles. The molecule has 1 rings (SSSR count).